The molecule has 0 aliphatic heterocycles. The van der Waals surface area contributed by atoms with Gasteiger partial charge in [0.05, 0.1) is 17.8 Å². The smallest absolute Gasteiger partial charge is 0.143 e. The maximum Gasteiger partial charge on any atom is 0.143 e. The zero-order chi connectivity index (χ0) is 49.3. The summed E-state index contributed by atoms with van der Waals surface area (Å²) in [5.74, 6) is 4.23. The molecule has 6 aromatic carbocycles. The minimum atomic E-state index is 0.113. The summed E-state index contributed by atoms with van der Waals surface area (Å²) in [4.78, 5) is 5.24. The number of hydrogen-bond donors (Lipinski definition) is 0. The fraction of sp³-hybridized carbons (Fsp3) is 0.171. The van der Waals surface area contributed by atoms with Crippen molar-refractivity contribution in [3.63, 3.8) is 0 Å². The van der Waals surface area contributed by atoms with E-state index in [2.05, 4.69) is 254 Å². The molecule has 360 valence electrons. The first kappa shape index (κ1) is 44.4. The summed E-state index contributed by atoms with van der Waals surface area (Å²) < 4.78 is 14.1. The van der Waals surface area contributed by atoms with E-state index in [0.29, 0.717) is 11.8 Å². The van der Waals surface area contributed by atoms with Crippen LogP contribution in [-0.4, -0.2) is 17.0 Å². The molecule has 0 radical (unpaired) electrons. The minimum absolute atomic E-state index is 0.113. The van der Waals surface area contributed by atoms with E-state index in [4.69, 9.17) is 8.83 Å². The molecule has 6 atom stereocenters. The molecule has 4 nitrogen and oxygen atoms in total. The van der Waals surface area contributed by atoms with E-state index in [9.17, 15) is 0 Å². The van der Waals surface area contributed by atoms with Gasteiger partial charge in [-0.2, -0.15) is 0 Å². The van der Waals surface area contributed by atoms with Crippen LogP contribution in [0.1, 0.15) is 78.5 Å². The molecular weight excluding hydrogens is 901 g/mol. The lowest BCUT2D eigenvalue weighted by Gasteiger charge is -2.50. The average Bonchev–Trinajstić information content (AvgIpc) is 4.08. The van der Waals surface area contributed by atoms with Crippen LogP contribution >= 0.6 is 0 Å². The normalized spacial score (nSPS) is 21.9. The Balaban J connectivity index is 0.871. The molecule has 2 aromatic heterocycles. The number of nitrogens with zero attached hydrogens (tertiary/aromatic N) is 2. The van der Waals surface area contributed by atoms with Crippen LogP contribution in [0.4, 0.5) is 17.1 Å². The molecule has 74 heavy (non-hydrogen) atoms. The lowest BCUT2D eigenvalue weighted by Crippen LogP contribution is -2.47. The Bertz CT molecular complexity index is 3730. The average molecular weight is 959 g/mol. The van der Waals surface area contributed by atoms with Crippen molar-refractivity contribution >= 4 is 45.8 Å². The SMILES string of the molecule is CC1CC=CC=C1c1c(-c2ccccc2)oc2c1C=CC(N(C1=CC=C3C=Cc4c(N(c5ccccc5)c5ccc6c(-c7ccccc7)c(-c7ccccc7)oc6c5)ccc5c4C3C1CC5C)C1C=CC=CC1)C2. The Labute approximate surface area is 434 Å². The highest BCUT2D eigenvalue weighted by Gasteiger charge is 2.45. The first-order valence-electron chi connectivity index (χ1n) is 26.7. The van der Waals surface area contributed by atoms with Crippen LogP contribution in [0.25, 0.3) is 62.5 Å². The van der Waals surface area contributed by atoms with Crippen LogP contribution in [0.15, 0.2) is 239 Å². The van der Waals surface area contributed by atoms with Gasteiger partial charge in [0.2, 0.25) is 0 Å². The summed E-state index contributed by atoms with van der Waals surface area (Å²) in [6.45, 7) is 4.81. The van der Waals surface area contributed by atoms with Crippen LogP contribution in [0.5, 0.6) is 0 Å². The molecule has 0 bridgehead atoms. The van der Waals surface area contributed by atoms with Gasteiger partial charge in [-0.1, -0.05) is 202 Å². The molecule has 0 amide bonds. The molecule has 6 aliphatic rings. The van der Waals surface area contributed by atoms with Crippen molar-refractivity contribution in [3.8, 4) is 33.8 Å². The fourth-order valence-electron chi connectivity index (χ4n) is 13.3. The Hall–Kier alpha value is -8.34. The largest absolute Gasteiger partial charge is 0.460 e. The van der Waals surface area contributed by atoms with Crippen molar-refractivity contribution < 1.29 is 8.83 Å². The zero-order valence-corrected chi connectivity index (χ0v) is 41.9. The number of anilines is 3. The minimum Gasteiger partial charge on any atom is -0.460 e. The van der Waals surface area contributed by atoms with Gasteiger partial charge in [-0.05, 0) is 95.3 Å². The molecule has 0 saturated heterocycles. The van der Waals surface area contributed by atoms with E-state index in [1.54, 1.807) is 0 Å². The van der Waals surface area contributed by atoms with Gasteiger partial charge >= 0.3 is 0 Å². The first-order chi connectivity index (χ1) is 36.6. The lowest BCUT2D eigenvalue weighted by atomic mass is 9.62. The van der Waals surface area contributed by atoms with Gasteiger partial charge in [-0.3, -0.25) is 0 Å². The predicted octanol–water partition coefficient (Wildman–Crippen LogP) is 18.4. The molecule has 2 heterocycles. The second kappa shape index (κ2) is 18.3. The number of allylic oxidation sites excluding steroid dienone is 11. The molecule has 0 spiro atoms. The van der Waals surface area contributed by atoms with Gasteiger partial charge in [0.25, 0.3) is 0 Å². The molecule has 0 saturated carbocycles. The summed E-state index contributed by atoms with van der Waals surface area (Å²) in [6, 6.07) is 54.7. The first-order valence-corrected chi connectivity index (χ1v) is 26.7. The Morgan fingerprint density at radius 2 is 1.26 bits per heavy atom. The molecular formula is C70H58N2O2. The second-order valence-electron chi connectivity index (χ2n) is 21.1. The Morgan fingerprint density at radius 1 is 0.541 bits per heavy atom. The summed E-state index contributed by atoms with van der Waals surface area (Å²) in [6.07, 6.45) is 34.6. The summed E-state index contributed by atoms with van der Waals surface area (Å²) in [7, 11) is 0. The van der Waals surface area contributed by atoms with E-state index in [1.165, 1.54) is 50.3 Å². The topological polar surface area (TPSA) is 32.8 Å². The van der Waals surface area contributed by atoms with Gasteiger partial charge < -0.3 is 18.6 Å². The third-order valence-corrected chi connectivity index (χ3v) is 16.7. The third-order valence-electron chi connectivity index (χ3n) is 16.7. The second-order valence-corrected chi connectivity index (χ2v) is 21.1. The number of rotatable bonds is 10. The van der Waals surface area contributed by atoms with Crippen LogP contribution < -0.4 is 4.90 Å². The molecule has 14 rings (SSSR count). The Morgan fingerprint density at radius 3 is 1.99 bits per heavy atom. The number of para-hydroxylation sites is 1. The number of fused-ring (bicyclic) bond motifs is 2. The monoisotopic (exact) mass is 958 g/mol. The van der Waals surface area contributed by atoms with Crippen LogP contribution in [-0.2, 0) is 6.42 Å². The van der Waals surface area contributed by atoms with E-state index >= 15 is 0 Å². The highest BCUT2D eigenvalue weighted by molar-refractivity contribution is 6.03. The third kappa shape index (κ3) is 7.41. The standard InChI is InChI=1S/C70H58N2O2/c1-45-20-18-19-31-55(45)68-59-38-35-54(44-64(59)74-70(68)50-25-12-5-13-26-50)72(52-29-16-7-17-30-52)62-40-33-48-32-36-57-61(41-39-56-46(2)42-60(62)65(48)67(56)57)71(51-27-14-6-15-28-51)53-34-37-58-63(43-53)73-69(49-23-10-4-11-24-49)66(58)47-21-8-3-9-22-47/h3-19,21-29,31-41,43,45-46,52,54,60,65H,20,30,42,44H2,1-2H3. The Kier molecular flexibility index (Phi) is 11.0. The van der Waals surface area contributed by atoms with E-state index < -0.39 is 0 Å². The number of hydrogen-bond acceptors (Lipinski definition) is 4. The quantitative estimate of drug-likeness (QED) is 0.137. The van der Waals surface area contributed by atoms with Gasteiger partial charge in [0.1, 0.15) is 22.9 Å². The lowest BCUT2D eigenvalue weighted by molar-refractivity contribution is 0.193. The molecule has 4 heteroatoms. The summed E-state index contributed by atoms with van der Waals surface area (Å²) in [5, 5.41) is 1.10. The van der Waals surface area contributed by atoms with Crippen molar-refractivity contribution in [2.75, 3.05) is 4.90 Å². The summed E-state index contributed by atoms with van der Waals surface area (Å²) in [5.41, 5.74) is 19.6. The van der Waals surface area contributed by atoms with Gasteiger partial charge in [0.15, 0.2) is 0 Å². The highest BCUT2D eigenvalue weighted by Crippen LogP contribution is 2.58. The molecule has 6 unspecified atom stereocenters. The maximum atomic E-state index is 7.15. The van der Waals surface area contributed by atoms with Crippen LogP contribution in [0.2, 0.25) is 0 Å². The zero-order valence-electron chi connectivity index (χ0n) is 41.9. The molecule has 0 fully saturated rings. The summed E-state index contributed by atoms with van der Waals surface area (Å²) >= 11 is 0. The predicted molar refractivity (Wildman–Crippen MR) is 306 cm³/mol. The van der Waals surface area contributed by atoms with Gasteiger partial charge in [-0.15, -0.1) is 0 Å². The van der Waals surface area contributed by atoms with Crippen molar-refractivity contribution in [1.29, 1.82) is 0 Å². The van der Waals surface area contributed by atoms with Gasteiger partial charge in [-0.25, -0.2) is 0 Å². The molecule has 6 aliphatic carbocycles. The fourth-order valence-corrected chi connectivity index (χ4v) is 13.3. The maximum absolute atomic E-state index is 7.15. The number of furan rings is 2. The molecule has 0 N–H and O–H groups in total. The highest BCUT2D eigenvalue weighted by atomic mass is 16.3. The van der Waals surface area contributed by atoms with E-state index in [0.717, 1.165) is 87.6 Å². The van der Waals surface area contributed by atoms with Crippen molar-refractivity contribution in [3.05, 3.63) is 263 Å². The van der Waals surface area contributed by atoms with Crippen LogP contribution in [0, 0.1) is 11.8 Å². The van der Waals surface area contributed by atoms with Crippen molar-refractivity contribution in [1.82, 2.24) is 4.90 Å². The van der Waals surface area contributed by atoms with E-state index in [-0.39, 0.29) is 23.9 Å². The van der Waals surface area contributed by atoms with Gasteiger partial charge in [0, 0.05) is 80.2 Å². The van der Waals surface area contributed by atoms with Crippen LogP contribution in [0.3, 0.4) is 0 Å². The van der Waals surface area contributed by atoms with E-state index in [1.807, 2.05) is 0 Å². The van der Waals surface area contributed by atoms with Crippen molar-refractivity contribution in [2.24, 2.45) is 11.8 Å². The van der Waals surface area contributed by atoms with Crippen molar-refractivity contribution in [2.45, 2.75) is 63.5 Å². The number of benzene rings is 6. The molecule has 8 aromatic rings.